The molecular weight excluding hydrogens is 411 g/mol. The van der Waals surface area contributed by atoms with Gasteiger partial charge in [-0.15, -0.1) is 0 Å². The zero-order chi connectivity index (χ0) is 20.2. The number of aromatic nitrogens is 1. The van der Waals surface area contributed by atoms with Crippen molar-refractivity contribution < 1.29 is 0 Å². The number of benzene rings is 2. The number of nitrogens with zero attached hydrogens (tertiary/aromatic N) is 1. The molecule has 4 bridgehead atoms. The SMILES string of the molecule is Clc1cccc(Cl)c1Cn1cc(CNC2C3CC4CC(C3)CC2C4)c2ccccc21. The molecule has 0 amide bonds. The summed E-state index contributed by atoms with van der Waals surface area (Å²) >= 11 is 12.9. The van der Waals surface area contributed by atoms with Crippen molar-refractivity contribution in [3.8, 4) is 0 Å². The number of hydrogen-bond donors (Lipinski definition) is 1. The fourth-order valence-electron chi connectivity index (χ4n) is 6.93. The van der Waals surface area contributed by atoms with Crippen LogP contribution in [0, 0.1) is 23.7 Å². The van der Waals surface area contributed by atoms with E-state index in [4.69, 9.17) is 23.2 Å². The molecule has 0 saturated heterocycles. The molecule has 0 spiro atoms. The Bertz CT molecular complexity index is 1040. The van der Waals surface area contributed by atoms with Gasteiger partial charge in [-0.1, -0.05) is 47.5 Å². The van der Waals surface area contributed by atoms with Crippen LogP contribution in [0.3, 0.4) is 0 Å². The van der Waals surface area contributed by atoms with E-state index in [-0.39, 0.29) is 0 Å². The molecule has 4 saturated carbocycles. The van der Waals surface area contributed by atoms with Crippen molar-refractivity contribution >= 4 is 34.1 Å². The third-order valence-electron chi connectivity index (χ3n) is 8.02. The van der Waals surface area contributed by atoms with Gasteiger partial charge < -0.3 is 9.88 Å². The fraction of sp³-hybridized carbons (Fsp3) is 0.462. The first-order valence-corrected chi connectivity index (χ1v) is 12.1. The maximum absolute atomic E-state index is 6.46. The molecule has 4 aliphatic rings. The van der Waals surface area contributed by atoms with E-state index in [1.165, 1.54) is 48.6 Å². The monoisotopic (exact) mass is 438 g/mol. The summed E-state index contributed by atoms with van der Waals surface area (Å²) in [5.74, 6) is 3.84. The largest absolute Gasteiger partial charge is 0.343 e. The Hall–Kier alpha value is -1.48. The summed E-state index contributed by atoms with van der Waals surface area (Å²) < 4.78 is 2.30. The Morgan fingerprint density at radius 3 is 2.20 bits per heavy atom. The summed E-state index contributed by atoms with van der Waals surface area (Å²) in [7, 11) is 0. The van der Waals surface area contributed by atoms with Gasteiger partial charge in [-0.25, -0.2) is 0 Å². The van der Waals surface area contributed by atoms with Crippen molar-refractivity contribution in [2.75, 3.05) is 0 Å². The van der Waals surface area contributed by atoms with E-state index in [0.717, 1.165) is 45.8 Å². The zero-order valence-electron chi connectivity index (χ0n) is 17.2. The van der Waals surface area contributed by atoms with Gasteiger partial charge in [0.2, 0.25) is 0 Å². The van der Waals surface area contributed by atoms with Crippen molar-refractivity contribution in [2.24, 2.45) is 23.7 Å². The quantitative estimate of drug-likeness (QED) is 0.457. The standard InChI is InChI=1S/C26H28Cl2N2/c27-23-5-3-6-24(28)22(23)15-30-14-20(21-4-1-2-7-25(21)30)13-29-26-18-9-16-8-17(11-18)12-19(26)10-16/h1-7,14,16-19,26,29H,8-13,15H2. The summed E-state index contributed by atoms with van der Waals surface area (Å²) in [6.07, 6.45) is 9.63. The van der Waals surface area contributed by atoms with Crippen LogP contribution in [-0.4, -0.2) is 10.6 Å². The van der Waals surface area contributed by atoms with Crippen molar-refractivity contribution in [1.29, 1.82) is 0 Å². The molecule has 4 heteroatoms. The smallest absolute Gasteiger partial charge is 0.0505 e. The van der Waals surface area contributed by atoms with Crippen molar-refractivity contribution in [3.05, 3.63) is 69.8 Å². The van der Waals surface area contributed by atoms with E-state index in [1.54, 1.807) is 0 Å². The van der Waals surface area contributed by atoms with Crippen molar-refractivity contribution in [2.45, 2.75) is 51.2 Å². The minimum Gasteiger partial charge on any atom is -0.343 e. The van der Waals surface area contributed by atoms with Crippen LogP contribution >= 0.6 is 23.2 Å². The first-order valence-electron chi connectivity index (χ1n) is 11.4. The summed E-state index contributed by atoms with van der Waals surface area (Å²) in [5.41, 5.74) is 3.61. The molecule has 0 aliphatic heterocycles. The second kappa shape index (κ2) is 7.58. The highest BCUT2D eigenvalue weighted by Crippen LogP contribution is 2.53. The van der Waals surface area contributed by atoms with E-state index in [9.17, 15) is 0 Å². The first-order chi connectivity index (χ1) is 14.7. The van der Waals surface area contributed by atoms with Gasteiger partial charge in [-0.2, -0.15) is 0 Å². The lowest BCUT2D eigenvalue weighted by Gasteiger charge is -2.54. The molecule has 1 heterocycles. The van der Waals surface area contributed by atoms with Crippen LogP contribution < -0.4 is 5.32 Å². The van der Waals surface area contributed by atoms with Gasteiger partial charge >= 0.3 is 0 Å². The molecule has 0 atom stereocenters. The number of fused-ring (bicyclic) bond motifs is 1. The number of rotatable bonds is 5. The highest BCUT2D eigenvalue weighted by molar-refractivity contribution is 6.36. The minimum atomic E-state index is 0.692. The Morgan fingerprint density at radius 2 is 1.50 bits per heavy atom. The van der Waals surface area contributed by atoms with Gasteiger partial charge in [0, 0.05) is 45.3 Å². The molecule has 0 unspecified atom stereocenters. The molecular formula is C26H28Cl2N2. The predicted octanol–water partition coefficient (Wildman–Crippen LogP) is 6.91. The Labute approximate surface area is 188 Å². The molecule has 1 N–H and O–H groups in total. The van der Waals surface area contributed by atoms with E-state index in [1.807, 2.05) is 18.2 Å². The van der Waals surface area contributed by atoms with Crippen LogP contribution in [-0.2, 0) is 13.1 Å². The average Bonchev–Trinajstić information content (AvgIpc) is 3.08. The number of nitrogens with one attached hydrogen (secondary N) is 1. The summed E-state index contributed by atoms with van der Waals surface area (Å²) in [4.78, 5) is 0. The molecule has 0 radical (unpaired) electrons. The Balaban J connectivity index is 1.27. The topological polar surface area (TPSA) is 17.0 Å². The second-order valence-corrected chi connectivity index (χ2v) is 10.7. The van der Waals surface area contributed by atoms with Crippen molar-refractivity contribution in [1.82, 2.24) is 9.88 Å². The molecule has 156 valence electrons. The van der Waals surface area contributed by atoms with Crippen LogP contribution in [0.4, 0.5) is 0 Å². The fourth-order valence-corrected chi connectivity index (χ4v) is 7.45. The lowest BCUT2D eigenvalue weighted by molar-refractivity contribution is -0.0142. The number of hydrogen-bond acceptors (Lipinski definition) is 1. The average molecular weight is 439 g/mol. The normalized spacial score (nSPS) is 29.7. The van der Waals surface area contributed by atoms with E-state index < -0.39 is 0 Å². The summed E-state index contributed by atoms with van der Waals surface area (Å²) in [6.45, 7) is 1.63. The number of para-hydroxylation sites is 1. The first kappa shape index (κ1) is 19.2. The summed E-state index contributed by atoms with van der Waals surface area (Å²) in [5, 5.41) is 6.80. The highest BCUT2D eigenvalue weighted by atomic mass is 35.5. The molecule has 2 nitrogen and oxygen atoms in total. The molecule has 2 aromatic carbocycles. The third-order valence-corrected chi connectivity index (χ3v) is 8.72. The molecule has 30 heavy (non-hydrogen) atoms. The van der Waals surface area contributed by atoms with Gasteiger partial charge in [-0.05, 0) is 79.5 Å². The van der Waals surface area contributed by atoms with Gasteiger partial charge in [0.05, 0.1) is 6.54 Å². The zero-order valence-corrected chi connectivity index (χ0v) is 18.7. The van der Waals surface area contributed by atoms with Gasteiger partial charge in [0.15, 0.2) is 0 Å². The lowest BCUT2D eigenvalue weighted by Crippen LogP contribution is -2.54. The molecule has 4 aliphatic carbocycles. The van der Waals surface area contributed by atoms with Crippen LogP contribution in [0.15, 0.2) is 48.7 Å². The van der Waals surface area contributed by atoms with Crippen LogP contribution in [0.1, 0.15) is 43.2 Å². The van der Waals surface area contributed by atoms with E-state index in [2.05, 4.69) is 40.3 Å². The van der Waals surface area contributed by atoms with E-state index in [0.29, 0.717) is 12.6 Å². The summed E-state index contributed by atoms with van der Waals surface area (Å²) in [6, 6.07) is 15.1. The molecule has 4 fully saturated rings. The third kappa shape index (κ3) is 3.28. The molecule has 1 aromatic heterocycles. The number of halogens is 2. The highest BCUT2D eigenvalue weighted by Gasteiger charge is 2.47. The van der Waals surface area contributed by atoms with Gasteiger partial charge in [0.25, 0.3) is 0 Å². The maximum atomic E-state index is 6.46. The van der Waals surface area contributed by atoms with Crippen LogP contribution in [0.2, 0.25) is 10.0 Å². The second-order valence-electron chi connectivity index (χ2n) is 9.84. The predicted molar refractivity (Wildman–Crippen MR) is 125 cm³/mol. The minimum absolute atomic E-state index is 0.692. The molecule has 3 aromatic rings. The maximum Gasteiger partial charge on any atom is 0.0505 e. The Morgan fingerprint density at radius 1 is 0.833 bits per heavy atom. The van der Waals surface area contributed by atoms with Crippen LogP contribution in [0.25, 0.3) is 10.9 Å². The molecule has 7 rings (SSSR count). The Kier molecular flexibility index (Phi) is 4.86. The van der Waals surface area contributed by atoms with Crippen molar-refractivity contribution in [3.63, 3.8) is 0 Å². The van der Waals surface area contributed by atoms with Crippen LogP contribution in [0.5, 0.6) is 0 Å². The van der Waals surface area contributed by atoms with Gasteiger partial charge in [-0.3, -0.25) is 0 Å². The lowest BCUT2D eigenvalue weighted by atomic mass is 9.54. The van der Waals surface area contributed by atoms with Gasteiger partial charge in [0.1, 0.15) is 0 Å². The van der Waals surface area contributed by atoms with E-state index >= 15 is 0 Å².